The molecule has 0 bridgehead atoms. The Labute approximate surface area is 119 Å². The van der Waals surface area contributed by atoms with E-state index < -0.39 is 37.9 Å². The summed E-state index contributed by atoms with van der Waals surface area (Å²) in [6.07, 6.45) is 0. The van der Waals surface area contributed by atoms with E-state index in [1.54, 1.807) is 0 Å². The van der Waals surface area contributed by atoms with Gasteiger partial charge < -0.3 is 10.2 Å². The molecule has 8 heteroatoms. The van der Waals surface area contributed by atoms with Crippen molar-refractivity contribution in [3.8, 4) is 11.5 Å². The normalized spacial score (nSPS) is 11.3. The van der Waals surface area contributed by atoms with Gasteiger partial charge in [-0.05, 0) is 24.3 Å². The number of halogens is 2. The number of sulfonamides is 1. The Morgan fingerprint density at radius 3 is 2.45 bits per heavy atom. The first-order chi connectivity index (χ1) is 9.33. The van der Waals surface area contributed by atoms with Gasteiger partial charge in [0.1, 0.15) is 4.90 Å². The number of phenolic OH excluding ortho intramolecular Hbond substituents is 2. The van der Waals surface area contributed by atoms with Crippen LogP contribution in [0.15, 0.2) is 41.3 Å². The van der Waals surface area contributed by atoms with Crippen LogP contribution in [0.5, 0.6) is 11.5 Å². The second-order valence-corrected chi connectivity index (χ2v) is 5.89. The fourth-order valence-electron chi connectivity index (χ4n) is 1.51. The van der Waals surface area contributed by atoms with Gasteiger partial charge in [-0.1, -0.05) is 23.7 Å². The summed E-state index contributed by atoms with van der Waals surface area (Å²) < 4.78 is 39.6. The Kier molecular flexibility index (Phi) is 3.74. The Morgan fingerprint density at radius 1 is 1.10 bits per heavy atom. The van der Waals surface area contributed by atoms with Gasteiger partial charge in [-0.25, -0.2) is 12.8 Å². The van der Waals surface area contributed by atoms with Crippen LogP contribution in [0, 0.1) is 5.82 Å². The van der Waals surface area contributed by atoms with Crippen LogP contribution in [0.25, 0.3) is 0 Å². The largest absolute Gasteiger partial charge is 0.505 e. The molecular formula is C12H9ClFNO4S. The van der Waals surface area contributed by atoms with Crippen molar-refractivity contribution < 1.29 is 23.0 Å². The van der Waals surface area contributed by atoms with Crippen LogP contribution in [0.4, 0.5) is 10.1 Å². The Balaban J connectivity index is 2.47. The zero-order valence-electron chi connectivity index (χ0n) is 9.84. The molecule has 106 valence electrons. The van der Waals surface area contributed by atoms with Crippen LogP contribution in [0.1, 0.15) is 0 Å². The van der Waals surface area contributed by atoms with Gasteiger partial charge in [-0.3, -0.25) is 4.72 Å². The fourth-order valence-corrected chi connectivity index (χ4v) is 2.92. The quantitative estimate of drug-likeness (QED) is 0.812. The minimum absolute atomic E-state index is 0.149. The van der Waals surface area contributed by atoms with Gasteiger partial charge in [0.15, 0.2) is 17.3 Å². The molecule has 20 heavy (non-hydrogen) atoms. The van der Waals surface area contributed by atoms with Crippen molar-refractivity contribution >= 4 is 27.3 Å². The molecule has 0 aromatic heterocycles. The maximum atomic E-state index is 13.6. The van der Waals surface area contributed by atoms with Gasteiger partial charge in [0.2, 0.25) is 0 Å². The number of nitrogens with one attached hydrogen (secondary N) is 1. The minimum atomic E-state index is -4.24. The van der Waals surface area contributed by atoms with Gasteiger partial charge in [0.25, 0.3) is 10.0 Å². The Bertz CT molecular complexity index is 764. The van der Waals surface area contributed by atoms with E-state index in [0.717, 1.165) is 18.2 Å². The second kappa shape index (κ2) is 5.18. The molecule has 0 aliphatic rings. The van der Waals surface area contributed by atoms with Crippen molar-refractivity contribution in [2.24, 2.45) is 0 Å². The first kappa shape index (κ1) is 14.4. The highest BCUT2D eigenvalue weighted by atomic mass is 35.5. The number of aromatic hydroxyl groups is 2. The zero-order chi connectivity index (χ0) is 14.9. The highest BCUT2D eigenvalue weighted by molar-refractivity contribution is 7.92. The third kappa shape index (κ3) is 2.63. The predicted octanol–water partition coefficient (Wildman–Crippen LogP) is 2.69. The van der Waals surface area contributed by atoms with Crippen molar-refractivity contribution in [2.45, 2.75) is 4.90 Å². The van der Waals surface area contributed by atoms with E-state index in [-0.39, 0.29) is 5.02 Å². The number of hydrogen-bond acceptors (Lipinski definition) is 4. The third-order valence-corrected chi connectivity index (χ3v) is 4.16. The molecule has 0 radical (unpaired) electrons. The molecule has 0 saturated heterocycles. The average Bonchev–Trinajstić information content (AvgIpc) is 2.38. The first-order valence-corrected chi connectivity index (χ1v) is 7.17. The molecule has 0 heterocycles. The number of para-hydroxylation sites is 1. The zero-order valence-corrected chi connectivity index (χ0v) is 11.4. The van der Waals surface area contributed by atoms with E-state index >= 15 is 0 Å². The molecule has 0 atom stereocenters. The van der Waals surface area contributed by atoms with Crippen molar-refractivity contribution in [3.63, 3.8) is 0 Å². The lowest BCUT2D eigenvalue weighted by molar-refractivity contribution is 0.434. The SMILES string of the molecule is O=S(=O)(Nc1cccc(O)c1F)c1cccc(Cl)c1O. The number of anilines is 1. The van der Waals surface area contributed by atoms with Crippen LogP contribution < -0.4 is 4.72 Å². The van der Waals surface area contributed by atoms with E-state index in [9.17, 15) is 23.0 Å². The van der Waals surface area contributed by atoms with E-state index in [1.807, 2.05) is 4.72 Å². The van der Waals surface area contributed by atoms with Gasteiger partial charge in [0, 0.05) is 0 Å². The minimum Gasteiger partial charge on any atom is -0.505 e. The molecule has 2 aromatic carbocycles. The summed E-state index contributed by atoms with van der Waals surface area (Å²) >= 11 is 5.62. The van der Waals surface area contributed by atoms with Crippen molar-refractivity contribution in [2.75, 3.05) is 4.72 Å². The van der Waals surface area contributed by atoms with Gasteiger partial charge in [-0.2, -0.15) is 0 Å². The molecule has 2 aromatic rings. The molecule has 0 spiro atoms. The summed E-state index contributed by atoms with van der Waals surface area (Å²) in [5.74, 6) is -2.44. The summed E-state index contributed by atoms with van der Waals surface area (Å²) in [6, 6.07) is 7.23. The molecule has 0 aliphatic heterocycles. The number of hydrogen-bond donors (Lipinski definition) is 3. The standard InChI is InChI=1S/C12H9ClFNO4S/c13-7-3-1-6-10(12(7)17)20(18,19)15-8-4-2-5-9(16)11(8)14/h1-6,15-17H. The van der Waals surface area contributed by atoms with Gasteiger partial charge in [0.05, 0.1) is 10.7 Å². The number of rotatable bonds is 3. The molecule has 2 rings (SSSR count). The van der Waals surface area contributed by atoms with Crippen molar-refractivity contribution in [3.05, 3.63) is 47.2 Å². The number of benzene rings is 2. The van der Waals surface area contributed by atoms with E-state index in [2.05, 4.69) is 0 Å². The fraction of sp³-hybridized carbons (Fsp3) is 0. The summed E-state index contributed by atoms with van der Waals surface area (Å²) in [6.45, 7) is 0. The molecule has 0 unspecified atom stereocenters. The summed E-state index contributed by atoms with van der Waals surface area (Å²) in [5, 5.41) is 18.7. The molecule has 0 aliphatic carbocycles. The number of phenols is 2. The average molecular weight is 318 g/mol. The molecule has 3 N–H and O–H groups in total. The topological polar surface area (TPSA) is 86.6 Å². The predicted molar refractivity (Wildman–Crippen MR) is 72.0 cm³/mol. The van der Waals surface area contributed by atoms with Gasteiger partial charge >= 0.3 is 0 Å². The van der Waals surface area contributed by atoms with Crippen LogP contribution in [0.3, 0.4) is 0 Å². The molecule has 5 nitrogen and oxygen atoms in total. The highest BCUT2D eigenvalue weighted by Crippen LogP contribution is 2.32. The third-order valence-electron chi connectivity index (χ3n) is 2.46. The van der Waals surface area contributed by atoms with E-state index in [4.69, 9.17) is 11.6 Å². The van der Waals surface area contributed by atoms with Crippen LogP contribution in [-0.2, 0) is 10.0 Å². The van der Waals surface area contributed by atoms with Crippen LogP contribution in [-0.4, -0.2) is 18.6 Å². The molecule has 0 fully saturated rings. The molecular weight excluding hydrogens is 309 g/mol. The summed E-state index contributed by atoms with van der Waals surface area (Å²) in [5.41, 5.74) is -0.440. The van der Waals surface area contributed by atoms with Crippen molar-refractivity contribution in [1.29, 1.82) is 0 Å². The summed E-state index contributed by atoms with van der Waals surface area (Å²) in [7, 11) is -4.24. The lowest BCUT2D eigenvalue weighted by Gasteiger charge is -2.11. The first-order valence-electron chi connectivity index (χ1n) is 5.30. The van der Waals surface area contributed by atoms with E-state index in [0.29, 0.717) is 0 Å². The maximum absolute atomic E-state index is 13.6. The highest BCUT2D eigenvalue weighted by Gasteiger charge is 2.22. The van der Waals surface area contributed by atoms with Gasteiger partial charge in [-0.15, -0.1) is 0 Å². The van der Waals surface area contributed by atoms with Crippen LogP contribution >= 0.6 is 11.6 Å². The second-order valence-electron chi connectivity index (χ2n) is 3.83. The maximum Gasteiger partial charge on any atom is 0.265 e. The van der Waals surface area contributed by atoms with E-state index in [1.165, 1.54) is 18.2 Å². The van der Waals surface area contributed by atoms with Crippen LogP contribution in [0.2, 0.25) is 5.02 Å². The smallest absolute Gasteiger partial charge is 0.265 e. The monoisotopic (exact) mass is 317 g/mol. The summed E-state index contributed by atoms with van der Waals surface area (Å²) in [4.78, 5) is -0.493. The Hall–Kier alpha value is -1.99. The lowest BCUT2D eigenvalue weighted by Crippen LogP contribution is -2.14. The molecule has 0 amide bonds. The Morgan fingerprint density at radius 2 is 1.75 bits per heavy atom. The molecule has 0 saturated carbocycles. The lowest BCUT2D eigenvalue weighted by atomic mass is 10.3. The van der Waals surface area contributed by atoms with Crippen molar-refractivity contribution in [1.82, 2.24) is 0 Å².